The molecule has 3 rings (SSSR count). The van der Waals surface area contributed by atoms with E-state index in [2.05, 4.69) is 4.90 Å². The molecular formula is C22H27N3O5. The number of benzene rings is 2. The minimum atomic E-state index is -0.894. The van der Waals surface area contributed by atoms with Crippen molar-refractivity contribution in [1.29, 1.82) is 0 Å². The first kappa shape index (κ1) is 21.3. The molecule has 160 valence electrons. The minimum absolute atomic E-state index is 0.0588. The Morgan fingerprint density at radius 3 is 2.23 bits per heavy atom. The van der Waals surface area contributed by atoms with Gasteiger partial charge < -0.3 is 29.7 Å². The fourth-order valence-corrected chi connectivity index (χ4v) is 3.56. The first-order valence-electron chi connectivity index (χ1n) is 9.77. The van der Waals surface area contributed by atoms with Crippen LogP contribution < -0.4 is 20.1 Å². The van der Waals surface area contributed by atoms with Crippen LogP contribution >= 0.6 is 0 Å². The molecule has 0 unspecified atom stereocenters. The average Bonchev–Trinajstić information content (AvgIpc) is 2.78. The first-order chi connectivity index (χ1) is 14.5. The van der Waals surface area contributed by atoms with Crippen LogP contribution in [0.3, 0.4) is 0 Å². The van der Waals surface area contributed by atoms with Crippen molar-refractivity contribution in [3.63, 3.8) is 0 Å². The summed E-state index contributed by atoms with van der Waals surface area (Å²) in [6.07, 6.45) is -1.53. The van der Waals surface area contributed by atoms with Crippen molar-refractivity contribution in [2.45, 2.75) is 12.5 Å². The van der Waals surface area contributed by atoms with E-state index in [1.807, 2.05) is 48.5 Å². The van der Waals surface area contributed by atoms with Crippen molar-refractivity contribution in [1.82, 2.24) is 4.90 Å². The molecule has 1 aliphatic heterocycles. The van der Waals surface area contributed by atoms with Crippen LogP contribution in [0.15, 0.2) is 48.5 Å². The maximum atomic E-state index is 12.8. The number of carbonyl (C=O) groups is 2. The number of hydrogen-bond donors (Lipinski definition) is 1. The Hall–Kier alpha value is -3.42. The van der Waals surface area contributed by atoms with Crippen molar-refractivity contribution in [3.8, 4) is 11.5 Å². The molecule has 0 saturated carbocycles. The molecule has 2 aromatic carbocycles. The molecule has 2 N–H and O–H groups in total. The van der Waals surface area contributed by atoms with Crippen LogP contribution in [0.1, 0.15) is 18.1 Å². The fraction of sp³-hybridized carbons (Fsp3) is 0.364. The quantitative estimate of drug-likeness (QED) is 0.750. The number of anilines is 1. The average molecular weight is 413 g/mol. The lowest BCUT2D eigenvalue weighted by Gasteiger charge is -2.36. The number of carbonyl (C=O) groups excluding carboxylic acids is 2. The fourth-order valence-electron chi connectivity index (χ4n) is 3.56. The SMILES string of the molecule is COc1ccc(N2CCN(C(=O)C[C@@H](OC(N)=O)c3ccccc3)CC2)cc1OC. The second kappa shape index (κ2) is 9.87. The van der Waals surface area contributed by atoms with Crippen molar-refractivity contribution in [2.24, 2.45) is 5.73 Å². The standard InChI is InChI=1S/C22H27N3O5/c1-28-18-9-8-17(14-20(18)29-2)24-10-12-25(13-11-24)21(26)15-19(30-22(23)27)16-6-4-3-5-7-16/h3-9,14,19H,10-13,15H2,1-2H3,(H2,23,27)/t19-/m1/s1. The molecule has 0 aliphatic carbocycles. The van der Waals surface area contributed by atoms with Gasteiger partial charge in [-0.2, -0.15) is 0 Å². The Kier molecular flexibility index (Phi) is 7.00. The summed E-state index contributed by atoms with van der Waals surface area (Å²) < 4.78 is 15.9. The van der Waals surface area contributed by atoms with E-state index in [1.54, 1.807) is 19.1 Å². The Labute approximate surface area is 176 Å². The van der Waals surface area contributed by atoms with Gasteiger partial charge in [0, 0.05) is 37.9 Å². The third-order valence-corrected chi connectivity index (χ3v) is 5.15. The number of piperazine rings is 1. The summed E-state index contributed by atoms with van der Waals surface area (Å²) in [5.74, 6) is 1.27. The third kappa shape index (κ3) is 5.14. The molecule has 1 atom stereocenters. The molecule has 8 nitrogen and oxygen atoms in total. The molecule has 0 radical (unpaired) electrons. The van der Waals surface area contributed by atoms with E-state index in [1.165, 1.54) is 0 Å². The molecule has 1 heterocycles. The van der Waals surface area contributed by atoms with Gasteiger partial charge >= 0.3 is 6.09 Å². The Morgan fingerprint density at radius 2 is 1.63 bits per heavy atom. The van der Waals surface area contributed by atoms with Crippen molar-refractivity contribution in [2.75, 3.05) is 45.3 Å². The van der Waals surface area contributed by atoms with Gasteiger partial charge in [-0.05, 0) is 17.7 Å². The molecular weight excluding hydrogens is 386 g/mol. The highest BCUT2D eigenvalue weighted by Crippen LogP contribution is 2.32. The van der Waals surface area contributed by atoms with Crippen LogP contribution in [-0.2, 0) is 9.53 Å². The van der Waals surface area contributed by atoms with Crippen LogP contribution in [0.25, 0.3) is 0 Å². The van der Waals surface area contributed by atoms with Gasteiger partial charge in [-0.25, -0.2) is 4.79 Å². The van der Waals surface area contributed by atoms with Crippen LogP contribution in [0.5, 0.6) is 11.5 Å². The smallest absolute Gasteiger partial charge is 0.405 e. The number of rotatable bonds is 7. The van der Waals surface area contributed by atoms with Crippen LogP contribution in [0, 0.1) is 0 Å². The molecule has 30 heavy (non-hydrogen) atoms. The lowest BCUT2D eigenvalue weighted by molar-refractivity contribution is -0.133. The van der Waals surface area contributed by atoms with Crippen LogP contribution in [0.2, 0.25) is 0 Å². The van der Waals surface area contributed by atoms with Gasteiger partial charge in [0.05, 0.1) is 20.6 Å². The topological polar surface area (TPSA) is 94.3 Å². The maximum Gasteiger partial charge on any atom is 0.405 e. The van der Waals surface area contributed by atoms with E-state index in [4.69, 9.17) is 19.9 Å². The molecule has 0 bridgehead atoms. The Bertz CT molecular complexity index is 866. The van der Waals surface area contributed by atoms with E-state index in [9.17, 15) is 9.59 Å². The van der Waals surface area contributed by atoms with Gasteiger partial charge in [-0.1, -0.05) is 30.3 Å². The first-order valence-corrected chi connectivity index (χ1v) is 9.77. The zero-order valence-corrected chi connectivity index (χ0v) is 17.2. The maximum absolute atomic E-state index is 12.8. The second-order valence-electron chi connectivity index (χ2n) is 6.95. The van der Waals surface area contributed by atoms with Crippen molar-refractivity contribution < 1.29 is 23.8 Å². The summed E-state index contributed by atoms with van der Waals surface area (Å²) in [5.41, 5.74) is 6.96. The molecule has 2 aromatic rings. The summed E-state index contributed by atoms with van der Waals surface area (Å²) in [6, 6.07) is 14.9. The largest absolute Gasteiger partial charge is 0.493 e. The molecule has 8 heteroatoms. The normalized spacial score (nSPS) is 14.7. The van der Waals surface area contributed by atoms with E-state index < -0.39 is 12.2 Å². The zero-order chi connectivity index (χ0) is 21.5. The lowest BCUT2D eigenvalue weighted by Crippen LogP contribution is -2.49. The van der Waals surface area contributed by atoms with Gasteiger partial charge in [-0.3, -0.25) is 4.79 Å². The van der Waals surface area contributed by atoms with E-state index in [-0.39, 0.29) is 12.3 Å². The van der Waals surface area contributed by atoms with Gasteiger partial charge in [0.1, 0.15) is 6.10 Å². The predicted molar refractivity (Wildman–Crippen MR) is 113 cm³/mol. The summed E-state index contributed by atoms with van der Waals surface area (Å²) in [7, 11) is 3.21. The Morgan fingerprint density at radius 1 is 0.967 bits per heavy atom. The number of ether oxygens (including phenoxy) is 3. The third-order valence-electron chi connectivity index (χ3n) is 5.15. The second-order valence-corrected chi connectivity index (χ2v) is 6.95. The van der Waals surface area contributed by atoms with Gasteiger partial charge in [-0.15, -0.1) is 0 Å². The van der Waals surface area contributed by atoms with E-state index in [0.29, 0.717) is 37.7 Å². The van der Waals surface area contributed by atoms with Crippen LogP contribution in [-0.4, -0.2) is 57.3 Å². The predicted octanol–water partition coefficient (Wildman–Crippen LogP) is 2.58. The van der Waals surface area contributed by atoms with Crippen molar-refractivity contribution >= 4 is 17.7 Å². The zero-order valence-electron chi connectivity index (χ0n) is 17.2. The molecule has 1 saturated heterocycles. The molecule has 0 spiro atoms. The van der Waals surface area contributed by atoms with Crippen LogP contribution in [0.4, 0.5) is 10.5 Å². The lowest BCUT2D eigenvalue weighted by atomic mass is 10.1. The summed E-state index contributed by atoms with van der Waals surface area (Å²) in [6.45, 7) is 2.53. The molecule has 2 amide bonds. The van der Waals surface area contributed by atoms with E-state index in [0.717, 1.165) is 11.3 Å². The number of hydrogen-bond acceptors (Lipinski definition) is 6. The molecule has 1 fully saturated rings. The number of amides is 2. The summed E-state index contributed by atoms with van der Waals surface area (Å²) in [5, 5.41) is 0. The van der Waals surface area contributed by atoms with Gasteiger partial charge in [0.25, 0.3) is 0 Å². The highest BCUT2D eigenvalue weighted by atomic mass is 16.6. The summed E-state index contributed by atoms with van der Waals surface area (Å²) >= 11 is 0. The molecule has 0 aromatic heterocycles. The van der Waals surface area contributed by atoms with Gasteiger partial charge in [0.15, 0.2) is 11.5 Å². The minimum Gasteiger partial charge on any atom is -0.493 e. The summed E-state index contributed by atoms with van der Waals surface area (Å²) in [4.78, 5) is 28.1. The highest BCUT2D eigenvalue weighted by Gasteiger charge is 2.26. The Balaban J connectivity index is 1.61. The number of nitrogens with zero attached hydrogens (tertiary/aromatic N) is 2. The highest BCUT2D eigenvalue weighted by molar-refractivity contribution is 5.78. The molecule has 1 aliphatic rings. The number of nitrogens with two attached hydrogens (primary N) is 1. The number of primary amides is 1. The van der Waals surface area contributed by atoms with E-state index >= 15 is 0 Å². The van der Waals surface area contributed by atoms with Crippen molar-refractivity contribution in [3.05, 3.63) is 54.1 Å². The number of methoxy groups -OCH3 is 2. The van der Waals surface area contributed by atoms with Gasteiger partial charge in [0.2, 0.25) is 5.91 Å². The monoisotopic (exact) mass is 413 g/mol.